The fourth-order valence-corrected chi connectivity index (χ4v) is 2.26. The molecule has 18 heavy (non-hydrogen) atoms. The Morgan fingerprint density at radius 1 is 1.44 bits per heavy atom. The van der Waals surface area contributed by atoms with Crippen LogP contribution >= 0.6 is 0 Å². The highest BCUT2D eigenvalue weighted by molar-refractivity contribution is 5.89. The van der Waals surface area contributed by atoms with E-state index in [1.54, 1.807) is 10.9 Å². The van der Waals surface area contributed by atoms with Crippen LogP contribution in [-0.2, 0) is 18.3 Å². The number of carbonyl (C=O) groups excluding carboxylic acids is 1. The quantitative estimate of drug-likeness (QED) is 0.789. The van der Waals surface area contributed by atoms with Gasteiger partial charge in [0.25, 0.3) is 0 Å². The molecule has 0 radical (unpaired) electrons. The van der Waals surface area contributed by atoms with Crippen molar-refractivity contribution in [1.29, 1.82) is 0 Å². The molecule has 1 aromatic rings. The average molecular weight is 251 g/mol. The number of nitrogens with one attached hydrogen (secondary N) is 1. The molecule has 0 spiro atoms. The highest BCUT2D eigenvalue weighted by atomic mass is 16.1. The Bertz CT molecular complexity index is 420. The Kier molecular flexibility index (Phi) is 3.77. The van der Waals surface area contributed by atoms with E-state index in [0.29, 0.717) is 6.42 Å². The number of aromatic nitrogens is 3. The Hall–Kier alpha value is -1.27. The molecule has 1 aromatic heterocycles. The minimum Gasteiger partial charge on any atom is -0.314 e. The van der Waals surface area contributed by atoms with Gasteiger partial charge in [-0.3, -0.25) is 14.4 Å². The maximum absolute atomic E-state index is 12.4. The first-order chi connectivity index (χ1) is 8.50. The molecule has 0 atom stereocenters. The van der Waals surface area contributed by atoms with E-state index in [1.165, 1.54) is 0 Å². The van der Waals surface area contributed by atoms with Crippen LogP contribution in [0.25, 0.3) is 0 Å². The molecule has 0 unspecified atom stereocenters. The van der Waals surface area contributed by atoms with Crippen molar-refractivity contribution in [2.45, 2.75) is 25.8 Å². The summed E-state index contributed by atoms with van der Waals surface area (Å²) in [4.78, 5) is 14.6. The van der Waals surface area contributed by atoms with Crippen molar-refractivity contribution in [1.82, 2.24) is 25.2 Å². The predicted molar refractivity (Wildman–Crippen MR) is 68.2 cm³/mol. The highest BCUT2D eigenvalue weighted by Crippen LogP contribution is 2.18. The van der Waals surface area contributed by atoms with Crippen LogP contribution in [0.3, 0.4) is 0 Å². The number of nitrogens with zero attached hydrogens (tertiary/aromatic N) is 4. The molecule has 6 nitrogen and oxygen atoms in total. The average Bonchev–Trinajstić information content (AvgIpc) is 2.76. The maximum atomic E-state index is 12.4. The summed E-state index contributed by atoms with van der Waals surface area (Å²) in [5, 5.41) is 11.1. The lowest BCUT2D eigenvalue weighted by Crippen LogP contribution is -2.57. The Morgan fingerprint density at radius 2 is 2.11 bits per heavy atom. The van der Waals surface area contributed by atoms with Gasteiger partial charge >= 0.3 is 0 Å². The molecule has 0 aromatic carbocycles. The van der Waals surface area contributed by atoms with Crippen LogP contribution in [-0.4, -0.2) is 57.4 Å². The van der Waals surface area contributed by atoms with Crippen molar-refractivity contribution in [3.05, 3.63) is 11.9 Å². The smallest absolute Gasteiger partial charge is 0.158 e. The third-order valence-corrected chi connectivity index (χ3v) is 3.58. The second kappa shape index (κ2) is 5.16. The summed E-state index contributed by atoms with van der Waals surface area (Å²) in [7, 11) is 1.81. The normalized spacial score (nSPS) is 17.9. The molecule has 6 heteroatoms. The fourth-order valence-electron chi connectivity index (χ4n) is 2.26. The summed E-state index contributed by atoms with van der Waals surface area (Å²) in [5.41, 5.74) is 0.310. The summed E-state index contributed by atoms with van der Waals surface area (Å²) >= 11 is 0. The molecule has 100 valence electrons. The topological polar surface area (TPSA) is 63.1 Å². The van der Waals surface area contributed by atoms with E-state index in [0.717, 1.165) is 31.9 Å². The van der Waals surface area contributed by atoms with Crippen LogP contribution < -0.4 is 5.32 Å². The van der Waals surface area contributed by atoms with E-state index >= 15 is 0 Å². The molecule has 1 fully saturated rings. The number of carbonyl (C=O) groups is 1. The number of hydrogen-bond donors (Lipinski definition) is 1. The molecule has 1 aliphatic heterocycles. The Morgan fingerprint density at radius 3 is 2.67 bits per heavy atom. The van der Waals surface area contributed by atoms with Gasteiger partial charge in [0.2, 0.25) is 0 Å². The van der Waals surface area contributed by atoms with Crippen molar-refractivity contribution in [2.24, 2.45) is 7.05 Å². The van der Waals surface area contributed by atoms with Gasteiger partial charge in [-0.15, -0.1) is 5.10 Å². The van der Waals surface area contributed by atoms with Gasteiger partial charge < -0.3 is 5.32 Å². The lowest BCUT2D eigenvalue weighted by Gasteiger charge is -2.39. The van der Waals surface area contributed by atoms with Crippen LogP contribution in [0.1, 0.15) is 19.5 Å². The van der Waals surface area contributed by atoms with Gasteiger partial charge in [-0.25, -0.2) is 0 Å². The lowest BCUT2D eigenvalue weighted by atomic mass is 9.93. The van der Waals surface area contributed by atoms with Crippen molar-refractivity contribution >= 4 is 5.78 Å². The number of aryl methyl sites for hydroxylation is 1. The molecule has 0 bridgehead atoms. The van der Waals surface area contributed by atoms with Gasteiger partial charge in [-0.2, -0.15) is 0 Å². The van der Waals surface area contributed by atoms with Crippen LogP contribution in [0.15, 0.2) is 6.20 Å². The van der Waals surface area contributed by atoms with Crippen LogP contribution in [0.5, 0.6) is 0 Å². The molecule has 1 saturated heterocycles. The monoisotopic (exact) mass is 251 g/mol. The lowest BCUT2D eigenvalue weighted by molar-refractivity contribution is -0.129. The van der Waals surface area contributed by atoms with Gasteiger partial charge in [0.15, 0.2) is 5.78 Å². The minimum absolute atomic E-state index is 0.199. The van der Waals surface area contributed by atoms with E-state index in [2.05, 4.69) is 20.5 Å². The van der Waals surface area contributed by atoms with Crippen molar-refractivity contribution < 1.29 is 4.79 Å². The molecule has 1 aliphatic rings. The first kappa shape index (κ1) is 13.2. The van der Waals surface area contributed by atoms with E-state index in [9.17, 15) is 4.79 Å². The van der Waals surface area contributed by atoms with Crippen LogP contribution in [0, 0.1) is 0 Å². The van der Waals surface area contributed by atoms with E-state index < -0.39 is 5.54 Å². The number of ketones is 1. The number of hydrogen-bond acceptors (Lipinski definition) is 5. The summed E-state index contributed by atoms with van der Waals surface area (Å²) in [6, 6.07) is 0. The number of Topliss-reactive ketones (excluding diaryl/α,β-unsaturated/α-hetero) is 1. The summed E-state index contributed by atoms with van der Waals surface area (Å²) in [5.74, 6) is 0.199. The van der Waals surface area contributed by atoms with Gasteiger partial charge in [-0.05, 0) is 13.8 Å². The zero-order valence-electron chi connectivity index (χ0n) is 11.3. The zero-order valence-corrected chi connectivity index (χ0v) is 11.3. The molecule has 0 saturated carbocycles. The van der Waals surface area contributed by atoms with Gasteiger partial charge in [0.1, 0.15) is 0 Å². The molecular weight excluding hydrogens is 230 g/mol. The second-order valence-electron chi connectivity index (χ2n) is 5.28. The molecule has 2 heterocycles. The van der Waals surface area contributed by atoms with E-state index in [1.807, 2.05) is 20.9 Å². The molecular formula is C12H21N5O. The van der Waals surface area contributed by atoms with Gasteiger partial charge in [0, 0.05) is 39.4 Å². The van der Waals surface area contributed by atoms with E-state index in [-0.39, 0.29) is 5.78 Å². The van der Waals surface area contributed by atoms with Crippen LogP contribution in [0.2, 0.25) is 0 Å². The van der Waals surface area contributed by atoms with E-state index in [4.69, 9.17) is 0 Å². The Balaban J connectivity index is 2.02. The highest BCUT2D eigenvalue weighted by Gasteiger charge is 2.34. The molecule has 2 rings (SSSR count). The second-order valence-corrected chi connectivity index (χ2v) is 5.28. The number of rotatable bonds is 4. The van der Waals surface area contributed by atoms with Crippen molar-refractivity contribution in [3.8, 4) is 0 Å². The molecule has 1 N–H and O–H groups in total. The van der Waals surface area contributed by atoms with Gasteiger partial charge in [0.05, 0.1) is 17.7 Å². The molecule has 0 aliphatic carbocycles. The Labute approximate surface area is 107 Å². The predicted octanol–water partition coefficient (Wildman–Crippen LogP) is -0.389. The largest absolute Gasteiger partial charge is 0.314 e. The van der Waals surface area contributed by atoms with Gasteiger partial charge in [-0.1, -0.05) is 5.21 Å². The molecule has 0 amide bonds. The van der Waals surface area contributed by atoms with Crippen LogP contribution in [0.4, 0.5) is 0 Å². The zero-order chi connectivity index (χ0) is 13.2. The standard InChI is InChI=1S/C12H21N5O/c1-12(2,17-6-4-13-5-7-17)11(18)8-10-9-16(3)15-14-10/h9,13H,4-8H2,1-3H3. The minimum atomic E-state index is -0.431. The fraction of sp³-hybridized carbons (Fsp3) is 0.750. The first-order valence-electron chi connectivity index (χ1n) is 6.34. The third kappa shape index (κ3) is 2.76. The summed E-state index contributed by atoms with van der Waals surface area (Å²) in [6.07, 6.45) is 2.15. The van der Waals surface area contributed by atoms with Crippen molar-refractivity contribution in [3.63, 3.8) is 0 Å². The maximum Gasteiger partial charge on any atom is 0.158 e. The number of piperazine rings is 1. The summed E-state index contributed by atoms with van der Waals surface area (Å²) < 4.78 is 1.63. The third-order valence-electron chi connectivity index (χ3n) is 3.58. The summed E-state index contributed by atoms with van der Waals surface area (Å²) in [6.45, 7) is 7.72. The SMILES string of the molecule is Cn1cc(CC(=O)C(C)(C)N2CCNCC2)nn1. The van der Waals surface area contributed by atoms with Crippen molar-refractivity contribution in [2.75, 3.05) is 26.2 Å². The first-order valence-corrected chi connectivity index (χ1v) is 6.34.